The molecular weight excluding hydrogens is 223 g/mol. The Hall–Kier alpha value is 0.363. The second-order valence-corrected chi connectivity index (χ2v) is 5.16. The Kier molecular flexibility index (Phi) is 2.83. The summed E-state index contributed by atoms with van der Waals surface area (Å²) >= 11 is 1.59. The van der Waals surface area contributed by atoms with Crippen LogP contribution in [0.5, 0.6) is 0 Å². The van der Waals surface area contributed by atoms with Gasteiger partial charge in [-0.15, -0.1) is 0 Å². The van der Waals surface area contributed by atoms with E-state index in [4.69, 9.17) is 0 Å². The first-order valence-electron chi connectivity index (χ1n) is 4.56. The fraction of sp³-hybridized carbons (Fsp3) is 0.636. The molecule has 1 atom stereocenters. The van der Waals surface area contributed by atoms with Gasteiger partial charge in [-0.2, -0.15) is 0 Å². The van der Waals surface area contributed by atoms with Gasteiger partial charge in [0.05, 0.1) is 0 Å². The Morgan fingerprint density at radius 1 is 1.17 bits per heavy atom. The van der Waals surface area contributed by atoms with Crippen LogP contribution in [0, 0.1) is 5.41 Å². The van der Waals surface area contributed by atoms with Gasteiger partial charge in [-0.1, -0.05) is 0 Å². The molecule has 0 aliphatic heterocycles. The standard InChI is InChI=1S/C11H17.Zr/c1-6-11(5)7-8(2)9(3)10(11)4;/h6H2,1-5H3;. The monoisotopic (exact) mass is 239 g/mol. The summed E-state index contributed by atoms with van der Waals surface area (Å²) in [6, 6.07) is 0. The predicted octanol–water partition coefficient (Wildman–Crippen LogP) is 3.57. The van der Waals surface area contributed by atoms with E-state index in [9.17, 15) is 0 Å². The second kappa shape index (κ2) is 3.25. The molecule has 1 aliphatic rings. The van der Waals surface area contributed by atoms with Crippen molar-refractivity contribution in [3.63, 3.8) is 0 Å². The molecule has 1 aliphatic carbocycles. The van der Waals surface area contributed by atoms with Crippen LogP contribution in [-0.2, 0) is 24.7 Å². The van der Waals surface area contributed by atoms with Gasteiger partial charge < -0.3 is 0 Å². The number of rotatable bonds is 1. The quantitative estimate of drug-likeness (QED) is 0.657. The number of hydrogen-bond donors (Lipinski definition) is 0. The van der Waals surface area contributed by atoms with Gasteiger partial charge in [-0.3, -0.25) is 0 Å². The average Bonchev–Trinajstić information content (AvgIpc) is 2.22. The molecule has 0 aromatic carbocycles. The Morgan fingerprint density at radius 3 is 1.83 bits per heavy atom. The van der Waals surface area contributed by atoms with Gasteiger partial charge in [0.25, 0.3) is 0 Å². The molecule has 1 heteroatoms. The molecule has 0 heterocycles. The van der Waals surface area contributed by atoms with Crippen molar-refractivity contribution in [2.24, 2.45) is 5.41 Å². The van der Waals surface area contributed by atoms with E-state index in [2.05, 4.69) is 34.6 Å². The molecule has 0 nitrogen and oxygen atoms in total. The van der Waals surface area contributed by atoms with Gasteiger partial charge in [-0.25, -0.2) is 0 Å². The van der Waals surface area contributed by atoms with Crippen LogP contribution in [0.1, 0.15) is 41.0 Å². The third kappa shape index (κ3) is 1.21. The summed E-state index contributed by atoms with van der Waals surface area (Å²) in [6.45, 7) is 11.5. The van der Waals surface area contributed by atoms with Crippen LogP contribution in [0.15, 0.2) is 20.0 Å². The normalized spacial score (nSPS) is 30.3. The van der Waals surface area contributed by atoms with Crippen molar-refractivity contribution in [3.05, 3.63) is 20.0 Å². The van der Waals surface area contributed by atoms with E-state index in [1.807, 2.05) is 0 Å². The second-order valence-electron chi connectivity index (χ2n) is 3.94. The van der Waals surface area contributed by atoms with Crippen LogP contribution in [0.3, 0.4) is 0 Å². The van der Waals surface area contributed by atoms with Crippen molar-refractivity contribution >= 4 is 0 Å². The minimum absolute atomic E-state index is 0.395. The summed E-state index contributed by atoms with van der Waals surface area (Å²) in [5.74, 6) is 0. The molecule has 0 radical (unpaired) electrons. The van der Waals surface area contributed by atoms with E-state index in [1.54, 1.807) is 39.1 Å². The summed E-state index contributed by atoms with van der Waals surface area (Å²) < 4.78 is 1.66. The zero-order chi connectivity index (χ0) is 9.52. The van der Waals surface area contributed by atoms with Crippen LogP contribution in [0.2, 0.25) is 0 Å². The van der Waals surface area contributed by atoms with E-state index in [1.165, 1.54) is 12.0 Å². The average molecular weight is 240 g/mol. The van der Waals surface area contributed by atoms with Crippen LogP contribution in [-0.4, -0.2) is 0 Å². The van der Waals surface area contributed by atoms with Crippen molar-refractivity contribution in [2.75, 3.05) is 0 Å². The van der Waals surface area contributed by atoms with Crippen molar-refractivity contribution in [2.45, 2.75) is 41.0 Å². The molecule has 0 spiro atoms. The Balaban J connectivity index is 3.25. The number of hydrogen-bond acceptors (Lipinski definition) is 0. The fourth-order valence-corrected chi connectivity index (χ4v) is 3.28. The van der Waals surface area contributed by atoms with Crippen molar-refractivity contribution in [1.82, 2.24) is 0 Å². The molecule has 0 bridgehead atoms. The molecule has 0 aromatic rings. The molecule has 0 aromatic heterocycles. The maximum absolute atomic E-state index is 2.38. The topological polar surface area (TPSA) is 0 Å². The maximum atomic E-state index is 2.38. The van der Waals surface area contributed by atoms with Crippen molar-refractivity contribution in [3.8, 4) is 0 Å². The van der Waals surface area contributed by atoms with Crippen LogP contribution >= 0.6 is 0 Å². The SMILES string of the molecule is CCC1(C)C(C)=C(C)C(C)=[C]1[Zr]. The van der Waals surface area contributed by atoms with Crippen LogP contribution in [0.25, 0.3) is 0 Å². The molecule has 0 saturated heterocycles. The summed E-state index contributed by atoms with van der Waals surface area (Å²) in [7, 11) is 0. The Morgan fingerprint density at radius 2 is 1.67 bits per heavy atom. The van der Waals surface area contributed by atoms with E-state index in [0.717, 1.165) is 0 Å². The van der Waals surface area contributed by atoms with E-state index in [0.29, 0.717) is 5.41 Å². The third-order valence-corrected chi connectivity index (χ3v) is 5.86. The first kappa shape index (κ1) is 10.4. The van der Waals surface area contributed by atoms with Gasteiger partial charge >= 0.3 is 91.2 Å². The third-order valence-electron chi connectivity index (χ3n) is 3.59. The van der Waals surface area contributed by atoms with Crippen molar-refractivity contribution in [1.29, 1.82) is 0 Å². The van der Waals surface area contributed by atoms with Gasteiger partial charge in [0.1, 0.15) is 0 Å². The first-order valence-corrected chi connectivity index (χ1v) is 5.79. The summed E-state index contributed by atoms with van der Waals surface area (Å²) in [6.07, 6.45) is 1.24. The molecular formula is C11H17Zr. The molecule has 65 valence electrons. The minimum atomic E-state index is 0.395. The van der Waals surface area contributed by atoms with Gasteiger partial charge in [0, 0.05) is 0 Å². The Bertz CT molecular complexity index is 245. The molecule has 1 unspecified atom stereocenters. The molecule has 0 saturated carbocycles. The predicted molar refractivity (Wildman–Crippen MR) is 49.5 cm³/mol. The molecule has 0 N–H and O–H groups in total. The first-order chi connectivity index (χ1) is 5.45. The summed E-state index contributed by atoms with van der Waals surface area (Å²) in [4.78, 5) is 0. The van der Waals surface area contributed by atoms with Gasteiger partial charge in [0.2, 0.25) is 0 Å². The molecule has 12 heavy (non-hydrogen) atoms. The molecule has 0 amide bonds. The zero-order valence-corrected chi connectivity index (χ0v) is 11.2. The van der Waals surface area contributed by atoms with Crippen LogP contribution in [0.4, 0.5) is 0 Å². The summed E-state index contributed by atoms with van der Waals surface area (Å²) in [5, 5.41) is 0. The zero-order valence-electron chi connectivity index (χ0n) is 8.71. The van der Waals surface area contributed by atoms with E-state index in [-0.39, 0.29) is 0 Å². The van der Waals surface area contributed by atoms with Gasteiger partial charge in [0.15, 0.2) is 0 Å². The molecule has 0 fully saturated rings. The van der Waals surface area contributed by atoms with Gasteiger partial charge in [-0.05, 0) is 0 Å². The Labute approximate surface area is 91.0 Å². The summed E-state index contributed by atoms with van der Waals surface area (Å²) in [5.41, 5.74) is 5.07. The van der Waals surface area contributed by atoms with Crippen LogP contribution < -0.4 is 0 Å². The molecule has 1 rings (SSSR count). The van der Waals surface area contributed by atoms with E-state index >= 15 is 0 Å². The van der Waals surface area contributed by atoms with E-state index < -0.39 is 0 Å². The van der Waals surface area contributed by atoms with Crippen molar-refractivity contribution < 1.29 is 24.7 Å². The fourth-order valence-electron chi connectivity index (χ4n) is 1.93. The number of allylic oxidation sites excluding steroid dienone is 4.